The van der Waals surface area contributed by atoms with Crippen molar-refractivity contribution in [1.29, 1.82) is 0 Å². The zero-order valence-electron chi connectivity index (χ0n) is 17.5. The highest BCUT2D eigenvalue weighted by molar-refractivity contribution is 6.74. The Labute approximate surface area is 152 Å². The molecule has 142 valence electrons. The minimum Gasteiger partial charge on any atom is -0.416 e. The first kappa shape index (κ1) is 22.1. The SMILES string of the molecule is C[SiH](C)OC([C@@H]1C=C[C@H](O)C[C@@H]1O[Si](C)(C)C(C)(C)C)C(C)(C)C. The van der Waals surface area contributed by atoms with Crippen LogP contribution in [-0.4, -0.2) is 40.8 Å². The van der Waals surface area contributed by atoms with Crippen LogP contribution in [0.1, 0.15) is 48.0 Å². The smallest absolute Gasteiger partial charge is 0.192 e. The molecule has 0 saturated heterocycles. The van der Waals surface area contributed by atoms with Crippen molar-refractivity contribution in [2.45, 2.75) is 97.5 Å². The predicted molar refractivity (Wildman–Crippen MR) is 109 cm³/mol. The van der Waals surface area contributed by atoms with E-state index in [1.165, 1.54) is 0 Å². The molecular weight excluding hydrogens is 332 g/mol. The Bertz CT molecular complexity index is 433. The summed E-state index contributed by atoms with van der Waals surface area (Å²) in [7, 11) is -3.07. The first-order valence-electron chi connectivity index (χ1n) is 9.35. The van der Waals surface area contributed by atoms with Crippen molar-refractivity contribution in [3.63, 3.8) is 0 Å². The highest BCUT2D eigenvalue weighted by atomic mass is 28.4. The van der Waals surface area contributed by atoms with Crippen molar-refractivity contribution in [1.82, 2.24) is 0 Å². The number of rotatable bonds is 5. The molecule has 3 nitrogen and oxygen atoms in total. The van der Waals surface area contributed by atoms with E-state index >= 15 is 0 Å². The lowest BCUT2D eigenvalue weighted by molar-refractivity contribution is -0.0223. The molecule has 0 aromatic carbocycles. The lowest BCUT2D eigenvalue weighted by atomic mass is 9.76. The second kappa shape index (κ2) is 7.74. The molecule has 0 bridgehead atoms. The fraction of sp³-hybridized carbons (Fsp3) is 0.895. The summed E-state index contributed by atoms with van der Waals surface area (Å²) in [6, 6.07) is 0. The van der Waals surface area contributed by atoms with E-state index in [4.69, 9.17) is 8.85 Å². The van der Waals surface area contributed by atoms with E-state index in [1.807, 2.05) is 6.08 Å². The molecule has 0 radical (unpaired) electrons. The van der Waals surface area contributed by atoms with Gasteiger partial charge in [-0.15, -0.1) is 0 Å². The van der Waals surface area contributed by atoms with Gasteiger partial charge in [0.05, 0.1) is 18.3 Å². The van der Waals surface area contributed by atoms with Gasteiger partial charge in [-0.25, -0.2) is 0 Å². The van der Waals surface area contributed by atoms with Gasteiger partial charge in [0.25, 0.3) is 0 Å². The van der Waals surface area contributed by atoms with Gasteiger partial charge in [-0.1, -0.05) is 53.7 Å². The van der Waals surface area contributed by atoms with Crippen molar-refractivity contribution in [3.8, 4) is 0 Å². The molecule has 1 N–H and O–H groups in total. The normalized spacial score (nSPS) is 27.6. The fourth-order valence-corrected chi connectivity index (χ4v) is 5.54. The molecule has 0 aromatic heterocycles. The van der Waals surface area contributed by atoms with E-state index < -0.39 is 23.5 Å². The van der Waals surface area contributed by atoms with Crippen LogP contribution in [0.3, 0.4) is 0 Å². The average Bonchev–Trinajstić information content (AvgIpc) is 2.33. The molecule has 24 heavy (non-hydrogen) atoms. The van der Waals surface area contributed by atoms with Gasteiger partial charge in [-0.3, -0.25) is 0 Å². The van der Waals surface area contributed by atoms with Crippen molar-refractivity contribution in [3.05, 3.63) is 12.2 Å². The van der Waals surface area contributed by atoms with Gasteiger partial charge in [-0.05, 0) is 36.6 Å². The van der Waals surface area contributed by atoms with Gasteiger partial charge in [-0.2, -0.15) is 0 Å². The molecule has 0 aliphatic heterocycles. The molecule has 0 spiro atoms. The van der Waals surface area contributed by atoms with Gasteiger partial charge >= 0.3 is 0 Å². The first-order chi connectivity index (χ1) is 10.6. The van der Waals surface area contributed by atoms with Crippen LogP contribution in [0.2, 0.25) is 31.2 Å². The standard InChI is InChI=1S/C19H40O3Si2/c1-18(2,3)17(21-23(7)8)15-12-11-14(20)13-16(15)22-24(9,10)19(4,5)6/h11-12,14-17,20,23H,13H2,1-10H3/t14-,15+,16-,17?/m0/s1. The van der Waals surface area contributed by atoms with E-state index in [2.05, 4.69) is 73.8 Å². The summed E-state index contributed by atoms with van der Waals surface area (Å²) in [5.74, 6) is 0.206. The van der Waals surface area contributed by atoms with Crippen LogP contribution in [0.4, 0.5) is 0 Å². The molecular formula is C19H40O3Si2. The average molecular weight is 373 g/mol. The van der Waals surface area contributed by atoms with Crippen molar-refractivity contribution in [2.75, 3.05) is 0 Å². The van der Waals surface area contributed by atoms with E-state index in [-0.39, 0.29) is 28.6 Å². The molecule has 5 heteroatoms. The number of hydrogen-bond donors (Lipinski definition) is 1. The Morgan fingerprint density at radius 2 is 1.62 bits per heavy atom. The maximum Gasteiger partial charge on any atom is 0.192 e. The Kier molecular flexibility index (Phi) is 7.13. The number of aliphatic hydroxyl groups is 1. The van der Waals surface area contributed by atoms with Gasteiger partial charge in [0.1, 0.15) is 0 Å². The van der Waals surface area contributed by atoms with Crippen molar-refractivity contribution < 1.29 is 14.0 Å². The summed E-state index contributed by atoms with van der Waals surface area (Å²) in [6.45, 7) is 22.6. The lowest BCUT2D eigenvalue weighted by Gasteiger charge is -2.47. The molecule has 1 aliphatic carbocycles. The largest absolute Gasteiger partial charge is 0.416 e. The Balaban J connectivity index is 3.13. The Hall–Kier alpha value is 0.0538. The minimum absolute atomic E-state index is 0.0304. The highest BCUT2D eigenvalue weighted by Crippen LogP contribution is 2.42. The quantitative estimate of drug-likeness (QED) is 0.560. The van der Waals surface area contributed by atoms with Gasteiger partial charge < -0.3 is 14.0 Å². The molecule has 0 heterocycles. The van der Waals surface area contributed by atoms with E-state index in [0.29, 0.717) is 6.42 Å². The Morgan fingerprint density at radius 3 is 2.04 bits per heavy atom. The molecule has 1 aliphatic rings. The summed E-state index contributed by atoms with van der Waals surface area (Å²) in [4.78, 5) is 0. The second-order valence-corrected chi connectivity index (χ2v) is 17.3. The Morgan fingerprint density at radius 1 is 1.08 bits per heavy atom. The van der Waals surface area contributed by atoms with Crippen LogP contribution in [0.15, 0.2) is 12.2 Å². The van der Waals surface area contributed by atoms with Crippen molar-refractivity contribution in [2.24, 2.45) is 11.3 Å². The third kappa shape index (κ3) is 5.80. The first-order valence-corrected chi connectivity index (χ1v) is 15.0. The summed E-state index contributed by atoms with van der Waals surface area (Å²) in [5.41, 5.74) is 0.0452. The zero-order valence-corrected chi connectivity index (χ0v) is 19.7. The summed E-state index contributed by atoms with van der Waals surface area (Å²) in [6.07, 6.45) is 4.50. The van der Waals surface area contributed by atoms with Crippen LogP contribution >= 0.6 is 0 Å². The zero-order chi connectivity index (χ0) is 18.9. The molecule has 1 unspecified atom stereocenters. The summed E-state index contributed by atoms with van der Waals surface area (Å²) in [5, 5.41) is 10.3. The molecule has 0 aromatic rings. The maximum absolute atomic E-state index is 10.2. The van der Waals surface area contributed by atoms with Crippen LogP contribution < -0.4 is 0 Å². The lowest BCUT2D eigenvalue weighted by Crippen LogP contribution is -2.52. The van der Waals surface area contributed by atoms with Gasteiger partial charge in [0.2, 0.25) is 0 Å². The van der Waals surface area contributed by atoms with Gasteiger partial charge in [0.15, 0.2) is 17.4 Å². The third-order valence-corrected chi connectivity index (χ3v) is 10.7. The molecule has 0 saturated carbocycles. The topological polar surface area (TPSA) is 38.7 Å². The fourth-order valence-electron chi connectivity index (χ4n) is 3.00. The van der Waals surface area contributed by atoms with E-state index in [9.17, 15) is 5.11 Å². The van der Waals surface area contributed by atoms with E-state index in [0.717, 1.165) is 0 Å². The summed E-state index contributed by atoms with van der Waals surface area (Å²) >= 11 is 0. The summed E-state index contributed by atoms with van der Waals surface area (Å²) < 4.78 is 13.2. The third-order valence-electron chi connectivity index (χ3n) is 5.33. The van der Waals surface area contributed by atoms with Gasteiger partial charge in [0, 0.05) is 12.3 Å². The number of aliphatic hydroxyl groups excluding tert-OH is 1. The molecule has 4 atom stereocenters. The predicted octanol–water partition coefficient (Wildman–Crippen LogP) is 4.73. The second-order valence-electron chi connectivity index (χ2n) is 10.2. The highest BCUT2D eigenvalue weighted by Gasteiger charge is 2.45. The molecule has 0 amide bonds. The van der Waals surface area contributed by atoms with Crippen molar-refractivity contribution >= 4 is 17.4 Å². The maximum atomic E-state index is 10.2. The molecule has 1 rings (SSSR count). The van der Waals surface area contributed by atoms with Crippen LogP contribution in [0.25, 0.3) is 0 Å². The number of hydrogen-bond acceptors (Lipinski definition) is 3. The van der Waals surface area contributed by atoms with E-state index in [1.54, 1.807) is 0 Å². The van der Waals surface area contributed by atoms with Crippen LogP contribution in [-0.2, 0) is 8.85 Å². The minimum atomic E-state index is -1.90. The molecule has 0 fully saturated rings. The van der Waals surface area contributed by atoms with Crippen LogP contribution in [0.5, 0.6) is 0 Å². The van der Waals surface area contributed by atoms with Crippen LogP contribution in [0, 0.1) is 11.3 Å². The monoisotopic (exact) mass is 372 g/mol.